The predicted molar refractivity (Wildman–Crippen MR) is 99.0 cm³/mol. The van der Waals surface area contributed by atoms with Crippen molar-refractivity contribution in [1.82, 2.24) is 10.2 Å². The second kappa shape index (κ2) is 8.15. The van der Waals surface area contributed by atoms with Crippen molar-refractivity contribution in [2.75, 3.05) is 47.0 Å². The Morgan fingerprint density at radius 1 is 1.41 bits per heavy atom. The highest BCUT2D eigenvalue weighted by atomic mass is 127. The van der Waals surface area contributed by atoms with E-state index in [0.717, 1.165) is 38.1 Å². The van der Waals surface area contributed by atoms with E-state index in [1.807, 2.05) is 7.05 Å². The number of methoxy groups -OCH3 is 1. The second-order valence-corrected chi connectivity index (χ2v) is 6.79. The van der Waals surface area contributed by atoms with E-state index < -0.39 is 0 Å². The average molecular weight is 423 g/mol. The van der Waals surface area contributed by atoms with Gasteiger partial charge in [0.25, 0.3) is 0 Å². The topological polar surface area (TPSA) is 46.1 Å². The number of rotatable bonds is 5. The van der Waals surface area contributed by atoms with Crippen LogP contribution in [-0.4, -0.2) is 64.0 Å². The molecular formula is C16H30IN3O2. The highest BCUT2D eigenvalue weighted by Crippen LogP contribution is 2.56. The molecule has 1 heterocycles. The van der Waals surface area contributed by atoms with Gasteiger partial charge in [-0.3, -0.25) is 4.99 Å². The Hall–Kier alpha value is -0.0800. The molecule has 0 radical (unpaired) electrons. The first-order valence-electron chi connectivity index (χ1n) is 8.33. The maximum absolute atomic E-state index is 5.72. The summed E-state index contributed by atoms with van der Waals surface area (Å²) in [6.45, 7) is 4.28. The summed E-state index contributed by atoms with van der Waals surface area (Å²) < 4.78 is 10.9. The first-order valence-corrected chi connectivity index (χ1v) is 8.33. The van der Waals surface area contributed by atoms with Crippen LogP contribution in [-0.2, 0) is 9.47 Å². The van der Waals surface area contributed by atoms with Gasteiger partial charge in [-0.05, 0) is 37.0 Å². The molecule has 1 aliphatic heterocycles. The molecule has 0 aromatic carbocycles. The maximum Gasteiger partial charge on any atom is 0.193 e. The van der Waals surface area contributed by atoms with Crippen molar-refractivity contribution in [3.8, 4) is 0 Å². The molecule has 0 bridgehead atoms. The van der Waals surface area contributed by atoms with Gasteiger partial charge in [0.2, 0.25) is 0 Å². The number of aliphatic imine (C=N–C) groups is 1. The molecule has 0 aromatic rings. The monoisotopic (exact) mass is 423 g/mol. The molecule has 1 saturated heterocycles. The number of guanidine groups is 1. The molecule has 22 heavy (non-hydrogen) atoms. The maximum atomic E-state index is 5.72. The second-order valence-electron chi connectivity index (χ2n) is 6.79. The van der Waals surface area contributed by atoms with Crippen molar-refractivity contribution in [2.24, 2.45) is 16.3 Å². The van der Waals surface area contributed by atoms with Crippen LogP contribution in [0.4, 0.5) is 0 Å². The van der Waals surface area contributed by atoms with E-state index in [4.69, 9.17) is 9.47 Å². The Morgan fingerprint density at radius 3 is 2.73 bits per heavy atom. The molecule has 2 saturated carbocycles. The minimum Gasteiger partial charge on any atom is -0.382 e. The molecule has 0 amide bonds. The van der Waals surface area contributed by atoms with E-state index >= 15 is 0 Å². The summed E-state index contributed by atoms with van der Waals surface area (Å²) in [6.07, 6.45) is 7.24. The van der Waals surface area contributed by atoms with E-state index in [9.17, 15) is 0 Å². The molecule has 6 heteroatoms. The number of nitrogens with zero attached hydrogens (tertiary/aromatic N) is 2. The zero-order valence-corrected chi connectivity index (χ0v) is 16.2. The van der Waals surface area contributed by atoms with Crippen molar-refractivity contribution in [2.45, 2.75) is 38.2 Å². The fourth-order valence-corrected chi connectivity index (χ4v) is 3.84. The van der Waals surface area contributed by atoms with Crippen LogP contribution in [0.3, 0.4) is 0 Å². The number of nitrogens with one attached hydrogen (secondary N) is 1. The molecule has 2 aliphatic carbocycles. The lowest BCUT2D eigenvalue weighted by Crippen LogP contribution is -2.54. The van der Waals surface area contributed by atoms with Gasteiger partial charge in [-0.1, -0.05) is 6.42 Å². The van der Waals surface area contributed by atoms with E-state index in [-0.39, 0.29) is 30.1 Å². The van der Waals surface area contributed by atoms with Gasteiger partial charge in [0, 0.05) is 33.8 Å². The minimum atomic E-state index is 0. The Bertz CT molecular complexity index is 382. The number of morpholine rings is 1. The van der Waals surface area contributed by atoms with Gasteiger partial charge in [-0.15, -0.1) is 24.0 Å². The third-order valence-electron chi connectivity index (χ3n) is 5.39. The van der Waals surface area contributed by atoms with Crippen LogP contribution in [0.5, 0.6) is 0 Å². The Labute approximate surface area is 151 Å². The summed E-state index contributed by atoms with van der Waals surface area (Å²) in [7, 11) is 3.61. The number of halogens is 1. The van der Waals surface area contributed by atoms with Gasteiger partial charge in [-0.25, -0.2) is 0 Å². The summed E-state index contributed by atoms with van der Waals surface area (Å²) in [4.78, 5) is 6.79. The molecular weight excluding hydrogens is 393 g/mol. The summed E-state index contributed by atoms with van der Waals surface area (Å²) in [5.41, 5.74) is 0.578. The lowest BCUT2D eigenvalue weighted by Gasteiger charge is -2.44. The summed E-state index contributed by atoms with van der Waals surface area (Å²) in [5, 5.41) is 3.65. The van der Waals surface area contributed by atoms with Crippen LogP contribution in [0.1, 0.15) is 32.1 Å². The third kappa shape index (κ3) is 4.06. The average Bonchev–Trinajstić information content (AvgIpc) is 3.27. The lowest BCUT2D eigenvalue weighted by atomic mass is 9.65. The number of hydrogen-bond acceptors (Lipinski definition) is 3. The fourth-order valence-electron chi connectivity index (χ4n) is 3.84. The molecule has 1 unspecified atom stereocenters. The molecule has 0 aromatic heterocycles. The van der Waals surface area contributed by atoms with E-state index in [0.29, 0.717) is 12.0 Å². The SMILES string of the molecule is CN=C(NCC1(C2CC2)CCC1)N1CCOC(COC)C1.I. The molecule has 3 aliphatic rings. The van der Waals surface area contributed by atoms with Crippen LogP contribution < -0.4 is 5.32 Å². The fraction of sp³-hybridized carbons (Fsp3) is 0.938. The molecule has 1 atom stereocenters. The van der Waals surface area contributed by atoms with Crippen molar-refractivity contribution in [1.29, 1.82) is 0 Å². The van der Waals surface area contributed by atoms with Gasteiger partial charge in [0.15, 0.2) is 5.96 Å². The number of hydrogen-bond donors (Lipinski definition) is 1. The van der Waals surface area contributed by atoms with Gasteiger partial charge in [0.05, 0.1) is 19.3 Å². The first kappa shape index (κ1) is 18.3. The Balaban J connectivity index is 0.00000176. The van der Waals surface area contributed by atoms with Gasteiger partial charge >= 0.3 is 0 Å². The molecule has 5 nitrogen and oxygen atoms in total. The van der Waals surface area contributed by atoms with Crippen molar-refractivity contribution >= 4 is 29.9 Å². The summed E-state index contributed by atoms with van der Waals surface area (Å²) in [5.74, 6) is 2.01. The van der Waals surface area contributed by atoms with E-state index in [2.05, 4.69) is 15.2 Å². The van der Waals surface area contributed by atoms with Crippen LogP contribution >= 0.6 is 24.0 Å². The molecule has 0 spiro atoms. The third-order valence-corrected chi connectivity index (χ3v) is 5.39. The zero-order chi connectivity index (χ0) is 14.7. The zero-order valence-electron chi connectivity index (χ0n) is 13.8. The lowest BCUT2D eigenvalue weighted by molar-refractivity contribution is -0.0449. The van der Waals surface area contributed by atoms with Crippen molar-refractivity contribution in [3.05, 3.63) is 0 Å². The van der Waals surface area contributed by atoms with Crippen molar-refractivity contribution in [3.63, 3.8) is 0 Å². The smallest absolute Gasteiger partial charge is 0.193 e. The van der Waals surface area contributed by atoms with Gasteiger partial charge in [-0.2, -0.15) is 0 Å². The normalized spacial score (nSPS) is 27.8. The Kier molecular flexibility index (Phi) is 6.76. The van der Waals surface area contributed by atoms with Gasteiger partial charge in [0.1, 0.15) is 0 Å². The van der Waals surface area contributed by atoms with Crippen LogP contribution in [0.2, 0.25) is 0 Å². The molecule has 3 fully saturated rings. The minimum absolute atomic E-state index is 0. The molecule has 1 N–H and O–H groups in total. The molecule has 128 valence electrons. The van der Waals surface area contributed by atoms with E-state index in [1.165, 1.54) is 32.1 Å². The van der Waals surface area contributed by atoms with Crippen LogP contribution in [0, 0.1) is 11.3 Å². The van der Waals surface area contributed by atoms with E-state index in [1.54, 1.807) is 7.11 Å². The van der Waals surface area contributed by atoms with Gasteiger partial charge < -0.3 is 19.7 Å². The highest BCUT2D eigenvalue weighted by Gasteiger charge is 2.48. The summed E-state index contributed by atoms with van der Waals surface area (Å²) >= 11 is 0. The quantitative estimate of drug-likeness (QED) is 0.418. The Morgan fingerprint density at radius 2 is 2.18 bits per heavy atom. The van der Waals surface area contributed by atoms with Crippen LogP contribution in [0.25, 0.3) is 0 Å². The molecule has 3 rings (SSSR count). The predicted octanol–water partition coefficient (Wildman–Crippen LogP) is 2.11. The van der Waals surface area contributed by atoms with Crippen molar-refractivity contribution < 1.29 is 9.47 Å². The largest absolute Gasteiger partial charge is 0.382 e. The standard InChI is InChI=1S/C16H29N3O2.HI/c1-17-15(19-8-9-21-14(10-19)11-20-2)18-12-16(6-3-7-16)13-4-5-13;/h13-14H,3-12H2,1-2H3,(H,17,18);1H. The summed E-state index contributed by atoms with van der Waals surface area (Å²) in [6, 6.07) is 0. The first-order chi connectivity index (χ1) is 10.3. The highest BCUT2D eigenvalue weighted by molar-refractivity contribution is 14.0. The van der Waals surface area contributed by atoms with Crippen LogP contribution in [0.15, 0.2) is 4.99 Å². The number of ether oxygens (including phenoxy) is 2.